The number of rotatable bonds is 2. The minimum absolute atomic E-state index is 0.0522. The SMILES string of the molecule is O=C1O[C@H]2C[C@@H]1CC[C@@H]2[Se]c1ccccc1. The Bertz CT molecular complexity index is 390. The Labute approximate surface area is 102 Å². The summed E-state index contributed by atoms with van der Waals surface area (Å²) < 4.78 is 6.86. The molecular weight excluding hydrogens is 267 g/mol. The van der Waals surface area contributed by atoms with E-state index in [9.17, 15) is 4.79 Å². The van der Waals surface area contributed by atoms with Crippen molar-refractivity contribution in [3.63, 3.8) is 0 Å². The molecule has 1 aromatic carbocycles. The average Bonchev–Trinajstić information content (AvgIpc) is 2.61. The third-order valence-electron chi connectivity index (χ3n) is 3.36. The molecule has 1 aliphatic heterocycles. The van der Waals surface area contributed by atoms with Crippen LogP contribution in [0.4, 0.5) is 0 Å². The predicted molar refractivity (Wildman–Crippen MR) is 62.8 cm³/mol. The van der Waals surface area contributed by atoms with Gasteiger partial charge in [0.05, 0.1) is 0 Å². The Balaban J connectivity index is 1.70. The molecule has 0 radical (unpaired) electrons. The van der Waals surface area contributed by atoms with Crippen molar-refractivity contribution in [1.29, 1.82) is 0 Å². The van der Waals surface area contributed by atoms with Gasteiger partial charge in [-0.2, -0.15) is 0 Å². The molecule has 2 aliphatic rings. The summed E-state index contributed by atoms with van der Waals surface area (Å²) in [7, 11) is 0. The fourth-order valence-corrected chi connectivity index (χ4v) is 5.09. The molecule has 3 atom stereocenters. The molecular formula is C13H14O2Se. The Hall–Kier alpha value is -0.791. The number of hydrogen-bond acceptors (Lipinski definition) is 2. The summed E-state index contributed by atoms with van der Waals surface area (Å²) in [5.74, 6) is 0.268. The Morgan fingerprint density at radius 1 is 1.19 bits per heavy atom. The molecule has 1 aliphatic carbocycles. The summed E-state index contributed by atoms with van der Waals surface area (Å²) >= 11 is 0.446. The summed E-state index contributed by atoms with van der Waals surface area (Å²) in [6.07, 6.45) is 3.38. The average molecular weight is 281 g/mol. The normalized spacial score (nSPS) is 32.5. The van der Waals surface area contributed by atoms with Crippen LogP contribution in [0.2, 0.25) is 4.82 Å². The molecule has 1 heterocycles. The minimum atomic E-state index is 0.0522. The van der Waals surface area contributed by atoms with Gasteiger partial charge in [-0.25, -0.2) is 0 Å². The van der Waals surface area contributed by atoms with E-state index in [1.54, 1.807) is 0 Å². The summed E-state index contributed by atoms with van der Waals surface area (Å²) in [6, 6.07) is 10.6. The molecule has 1 aromatic rings. The number of carbonyl (C=O) groups excluding carboxylic acids is 1. The van der Waals surface area contributed by atoms with Crippen molar-refractivity contribution in [3.05, 3.63) is 30.3 Å². The Morgan fingerprint density at radius 3 is 2.81 bits per heavy atom. The fourth-order valence-electron chi connectivity index (χ4n) is 2.49. The third-order valence-corrected chi connectivity index (χ3v) is 6.27. The summed E-state index contributed by atoms with van der Waals surface area (Å²) in [5.41, 5.74) is 0. The first-order valence-electron chi connectivity index (χ1n) is 5.75. The van der Waals surface area contributed by atoms with Crippen LogP contribution in [-0.4, -0.2) is 27.0 Å². The van der Waals surface area contributed by atoms with Crippen LogP contribution < -0.4 is 4.46 Å². The number of hydrogen-bond donors (Lipinski definition) is 0. The van der Waals surface area contributed by atoms with E-state index in [-0.39, 0.29) is 18.0 Å². The van der Waals surface area contributed by atoms with Gasteiger partial charge in [-0.05, 0) is 0 Å². The molecule has 84 valence electrons. The maximum atomic E-state index is 11.4. The molecule has 1 saturated carbocycles. The second-order valence-electron chi connectivity index (χ2n) is 4.45. The van der Waals surface area contributed by atoms with Crippen LogP contribution in [0.3, 0.4) is 0 Å². The van der Waals surface area contributed by atoms with Gasteiger partial charge >= 0.3 is 101 Å². The summed E-state index contributed by atoms with van der Waals surface area (Å²) in [6.45, 7) is 0. The standard InChI is InChI=1S/C13H14O2Se/c14-13-9-6-7-12(11(8-9)15-13)16-10-4-2-1-3-5-10/h1-5,9,11-12H,6-8H2/t9-,11-,12-/m0/s1. The summed E-state index contributed by atoms with van der Waals surface area (Å²) in [5, 5.41) is 0. The van der Waals surface area contributed by atoms with E-state index in [1.165, 1.54) is 4.46 Å². The van der Waals surface area contributed by atoms with Crippen LogP contribution in [-0.2, 0) is 9.53 Å². The predicted octanol–water partition coefficient (Wildman–Crippen LogP) is 1.53. The third kappa shape index (κ3) is 1.90. The van der Waals surface area contributed by atoms with Crippen LogP contribution in [0, 0.1) is 5.92 Å². The molecule has 0 spiro atoms. The van der Waals surface area contributed by atoms with Gasteiger partial charge in [-0.3, -0.25) is 0 Å². The van der Waals surface area contributed by atoms with Gasteiger partial charge in [0.2, 0.25) is 0 Å². The molecule has 0 N–H and O–H groups in total. The van der Waals surface area contributed by atoms with Crippen molar-refractivity contribution < 1.29 is 9.53 Å². The topological polar surface area (TPSA) is 26.3 Å². The number of fused-ring (bicyclic) bond motifs is 2. The van der Waals surface area contributed by atoms with Gasteiger partial charge in [0.1, 0.15) is 0 Å². The molecule has 2 fully saturated rings. The van der Waals surface area contributed by atoms with Crippen LogP contribution in [0.15, 0.2) is 30.3 Å². The zero-order chi connectivity index (χ0) is 11.0. The first-order chi connectivity index (χ1) is 7.83. The first-order valence-corrected chi connectivity index (χ1v) is 7.60. The number of esters is 1. The van der Waals surface area contributed by atoms with Crippen molar-refractivity contribution in [2.24, 2.45) is 5.92 Å². The van der Waals surface area contributed by atoms with Crippen molar-refractivity contribution in [2.45, 2.75) is 30.2 Å². The van der Waals surface area contributed by atoms with Gasteiger partial charge in [0.25, 0.3) is 0 Å². The van der Waals surface area contributed by atoms with Crippen LogP contribution in [0.25, 0.3) is 0 Å². The molecule has 0 unspecified atom stereocenters. The van der Waals surface area contributed by atoms with E-state index >= 15 is 0 Å². The van der Waals surface area contributed by atoms with E-state index in [4.69, 9.17) is 4.74 Å². The van der Waals surface area contributed by atoms with Crippen molar-refractivity contribution >= 4 is 25.4 Å². The van der Waals surface area contributed by atoms with Crippen molar-refractivity contribution in [2.75, 3.05) is 0 Å². The second kappa shape index (κ2) is 4.23. The maximum absolute atomic E-state index is 11.4. The van der Waals surface area contributed by atoms with Crippen LogP contribution in [0.5, 0.6) is 0 Å². The number of benzene rings is 1. The number of ether oxygens (including phenoxy) is 1. The van der Waals surface area contributed by atoms with E-state index in [2.05, 4.69) is 24.3 Å². The summed E-state index contributed by atoms with van der Waals surface area (Å²) in [4.78, 5) is 12.0. The van der Waals surface area contributed by atoms with Gasteiger partial charge in [-0.15, -0.1) is 0 Å². The van der Waals surface area contributed by atoms with Gasteiger partial charge in [0, 0.05) is 0 Å². The van der Waals surface area contributed by atoms with E-state index in [0.717, 1.165) is 19.3 Å². The first kappa shape index (κ1) is 10.4. The molecule has 0 aromatic heterocycles. The zero-order valence-corrected chi connectivity index (χ0v) is 10.7. The Kier molecular flexibility index (Phi) is 2.74. The molecule has 1 saturated heterocycles. The molecule has 3 rings (SSSR count). The van der Waals surface area contributed by atoms with E-state index in [0.29, 0.717) is 19.8 Å². The Morgan fingerprint density at radius 2 is 2.00 bits per heavy atom. The van der Waals surface area contributed by atoms with Gasteiger partial charge < -0.3 is 0 Å². The van der Waals surface area contributed by atoms with E-state index < -0.39 is 0 Å². The van der Waals surface area contributed by atoms with Gasteiger partial charge in [-0.1, -0.05) is 0 Å². The van der Waals surface area contributed by atoms with Gasteiger partial charge in [0.15, 0.2) is 0 Å². The quantitative estimate of drug-likeness (QED) is 0.607. The molecule has 2 bridgehead atoms. The molecule has 0 amide bonds. The van der Waals surface area contributed by atoms with Crippen LogP contribution >= 0.6 is 0 Å². The fraction of sp³-hybridized carbons (Fsp3) is 0.462. The number of carbonyl (C=O) groups is 1. The van der Waals surface area contributed by atoms with Crippen molar-refractivity contribution in [3.8, 4) is 0 Å². The molecule has 16 heavy (non-hydrogen) atoms. The van der Waals surface area contributed by atoms with E-state index in [1.807, 2.05) is 6.07 Å². The van der Waals surface area contributed by atoms with Crippen LogP contribution in [0.1, 0.15) is 19.3 Å². The zero-order valence-electron chi connectivity index (χ0n) is 8.96. The molecule has 2 nitrogen and oxygen atoms in total. The second-order valence-corrected chi connectivity index (χ2v) is 7.21. The monoisotopic (exact) mass is 282 g/mol. The molecule has 3 heteroatoms. The van der Waals surface area contributed by atoms with Crippen molar-refractivity contribution in [1.82, 2.24) is 0 Å².